The lowest BCUT2D eigenvalue weighted by Crippen LogP contribution is -2.56. The number of furan rings is 2. The average molecular weight is 318 g/mol. The van der Waals surface area contributed by atoms with Gasteiger partial charge in [0.05, 0.1) is 18.1 Å². The Bertz CT molecular complexity index is 862. The third-order valence-electron chi connectivity index (χ3n) is 4.75. The lowest BCUT2D eigenvalue weighted by atomic mass is 9.79. The van der Waals surface area contributed by atoms with Crippen molar-refractivity contribution in [1.29, 1.82) is 0 Å². The monoisotopic (exact) mass is 318 g/mol. The van der Waals surface area contributed by atoms with Gasteiger partial charge in [0.25, 0.3) is 5.79 Å². The van der Waals surface area contributed by atoms with E-state index in [1.807, 2.05) is 0 Å². The first-order valence-electron chi connectivity index (χ1n) is 6.91. The number of hydrogen-bond donors (Lipinski definition) is 1. The highest BCUT2D eigenvalue weighted by atomic mass is 16.7. The molecular weight excluding hydrogens is 308 g/mol. The van der Waals surface area contributed by atoms with E-state index in [1.165, 1.54) is 31.8 Å². The Morgan fingerprint density at radius 1 is 1.22 bits per heavy atom. The van der Waals surface area contributed by atoms with Crippen LogP contribution in [0.1, 0.15) is 32.2 Å². The molecule has 1 saturated heterocycles. The van der Waals surface area contributed by atoms with Gasteiger partial charge in [-0.25, -0.2) is 4.79 Å². The molecule has 5 heterocycles. The summed E-state index contributed by atoms with van der Waals surface area (Å²) in [5.74, 6) is -3.14. The summed E-state index contributed by atoms with van der Waals surface area (Å²) in [4.78, 5) is 24.7. The Kier molecular flexibility index (Phi) is 2.12. The number of esters is 1. The van der Waals surface area contributed by atoms with Crippen molar-refractivity contribution in [2.75, 3.05) is 7.11 Å². The summed E-state index contributed by atoms with van der Waals surface area (Å²) in [6.45, 7) is 0. The molecule has 23 heavy (non-hydrogen) atoms. The van der Waals surface area contributed by atoms with Crippen LogP contribution in [-0.4, -0.2) is 36.2 Å². The fourth-order valence-electron chi connectivity index (χ4n) is 3.78. The summed E-state index contributed by atoms with van der Waals surface area (Å²) in [6, 6.07) is 2.90. The molecule has 2 aromatic rings. The number of carbonyl (C=O) groups excluding carboxylic acids is 2. The summed E-state index contributed by atoms with van der Waals surface area (Å²) in [5, 5.41) is 11.5. The van der Waals surface area contributed by atoms with Crippen LogP contribution in [0.3, 0.4) is 0 Å². The second kappa shape index (κ2) is 3.73. The smallest absolute Gasteiger partial charge is 0.375 e. The molecule has 2 bridgehead atoms. The van der Waals surface area contributed by atoms with E-state index in [4.69, 9.17) is 23.0 Å². The summed E-state index contributed by atoms with van der Waals surface area (Å²) >= 11 is 0. The maximum Gasteiger partial charge on any atom is 0.375 e. The first kappa shape index (κ1) is 13.1. The Morgan fingerprint density at radius 3 is 2.78 bits per heavy atom. The molecule has 0 aliphatic carbocycles. The topological polar surface area (TPSA) is 108 Å². The van der Waals surface area contributed by atoms with Gasteiger partial charge in [-0.3, -0.25) is 4.79 Å². The van der Waals surface area contributed by atoms with E-state index in [0.717, 1.165) is 0 Å². The highest BCUT2D eigenvalue weighted by molar-refractivity contribution is 6.03. The number of ketones is 1. The molecule has 4 atom stereocenters. The summed E-state index contributed by atoms with van der Waals surface area (Å²) in [6.07, 6.45) is 0.104. The van der Waals surface area contributed by atoms with Gasteiger partial charge in [-0.15, -0.1) is 0 Å². The molecule has 0 amide bonds. The van der Waals surface area contributed by atoms with Gasteiger partial charge in [-0.2, -0.15) is 0 Å². The van der Waals surface area contributed by atoms with E-state index in [0.29, 0.717) is 0 Å². The Balaban J connectivity index is 1.88. The fraction of sp³-hybridized carbons (Fsp3) is 0.333. The Hall–Kier alpha value is -2.42. The van der Waals surface area contributed by atoms with Crippen LogP contribution < -0.4 is 0 Å². The molecule has 8 heteroatoms. The number of aliphatic hydroxyl groups is 1. The highest BCUT2D eigenvalue weighted by Crippen LogP contribution is 2.60. The SMILES string of the molecule is CO[C@]12O[C@H](C(=O)c3ccoc31)[C@@H]1OC(=O)c3occc3[C@@]12O. The average Bonchev–Trinajstić information content (AvgIpc) is 3.24. The van der Waals surface area contributed by atoms with Gasteiger partial charge in [0.2, 0.25) is 5.76 Å². The number of fused-ring (bicyclic) bond motifs is 9. The van der Waals surface area contributed by atoms with Gasteiger partial charge in [0.1, 0.15) is 0 Å². The second-order valence-electron chi connectivity index (χ2n) is 5.64. The van der Waals surface area contributed by atoms with Crippen molar-refractivity contribution >= 4 is 11.8 Å². The number of Topliss-reactive ketones (excluding diaryl/α,β-unsaturated/α-hetero) is 1. The first-order valence-corrected chi connectivity index (χ1v) is 6.91. The summed E-state index contributed by atoms with van der Waals surface area (Å²) in [7, 11) is 1.32. The third-order valence-corrected chi connectivity index (χ3v) is 4.75. The molecule has 118 valence electrons. The van der Waals surface area contributed by atoms with Crippen LogP contribution in [0.5, 0.6) is 0 Å². The van der Waals surface area contributed by atoms with E-state index in [1.54, 1.807) is 0 Å². The van der Waals surface area contributed by atoms with E-state index >= 15 is 0 Å². The van der Waals surface area contributed by atoms with Gasteiger partial charge in [0, 0.05) is 12.7 Å². The van der Waals surface area contributed by atoms with Crippen molar-refractivity contribution in [3.8, 4) is 0 Å². The lowest BCUT2D eigenvalue weighted by molar-refractivity contribution is -0.306. The largest absolute Gasteiger partial charge is 0.463 e. The Labute approximate surface area is 128 Å². The van der Waals surface area contributed by atoms with E-state index < -0.39 is 35.3 Å². The van der Waals surface area contributed by atoms with Gasteiger partial charge in [-0.1, -0.05) is 0 Å². The molecule has 0 radical (unpaired) electrons. The van der Waals surface area contributed by atoms with Crippen molar-refractivity contribution in [2.45, 2.75) is 23.6 Å². The quantitative estimate of drug-likeness (QED) is 0.765. The zero-order valence-corrected chi connectivity index (χ0v) is 11.8. The fourth-order valence-corrected chi connectivity index (χ4v) is 3.78. The van der Waals surface area contributed by atoms with Gasteiger partial charge >= 0.3 is 5.97 Å². The minimum absolute atomic E-state index is 0.0383. The molecule has 0 spiro atoms. The first-order chi connectivity index (χ1) is 11.0. The maximum absolute atomic E-state index is 12.6. The van der Waals surface area contributed by atoms with E-state index in [9.17, 15) is 14.7 Å². The van der Waals surface area contributed by atoms with Crippen molar-refractivity contribution in [3.63, 3.8) is 0 Å². The summed E-state index contributed by atoms with van der Waals surface area (Å²) in [5.41, 5.74) is -1.60. The molecular formula is C15H10O8. The van der Waals surface area contributed by atoms with Crippen LogP contribution in [0.15, 0.2) is 33.5 Å². The van der Waals surface area contributed by atoms with Crippen molar-refractivity contribution in [3.05, 3.63) is 47.3 Å². The molecule has 3 aliphatic heterocycles. The number of ether oxygens (including phenoxy) is 3. The molecule has 0 unspecified atom stereocenters. The standard InChI is InChI=1S/C15H10O8/c1-19-15-11-6(2-4-21-11)8(16)10(23-15)12-14(15,18)7-3-5-20-9(7)13(17)22-12/h2-5,10,12,18H,1H3/t10-,12+,14-,15+/m1/s1. The lowest BCUT2D eigenvalue weighted by Gasteiger charge is -2.40. The van der Waals surface area contributed by atoms with Gasteiger partial charge in [-0.05, 0) is 12.1 Å². The van der Waals surface area contributed by atoms with Gasteiger partial charge < -0.3 is 28.2 Å². The second-order valence-corrected chi connectivity index (χ2v) is 5.64. The number of carbonyl (C=O) groups is 2. The van der Waals surface area contributed by atoms with Crippen LogP contribution in [-0.2, 0) is 25.6 Å². The van der Waals surface area contributed by atoms with Crippen LogP contribution in [0.25, 0.3) is 0 Å². The zero-order valence-electron chi connectivity index (χ0n) is 11.8. The molecule has 0 aromatic carbocycles. The van der Waals surface area contributed by atoms with Crippen molar-refractivity contribution in [1.82, 2.24) is 0 Å². The van der Waals surface area contributed by atoms with Crippen LogP contribution >= 0.6 is 0 Å². The zero-order chi connectivity index (χ0) is 16.0. The molecule has 5 rings (SSSR count). The molecule has 1 fully saturated rings. The Morgan fingerprint density at radius 2 is 2.00 bits per heavy atom. The predicted octanol–water partition coefficient (Wildman–Crippen LogP) is 0.694. The third kappa shape index (κ3) is 1.15. The van der Waals surface area contributed by atoms with Crippen molar-refractivity contribution < 1.29 is 37.7 Å². The predicted molar refractivity (Wildman–Crippen MR) is 68.4 cm³/mol. The van der Waals surface area contributed by atoms with Crippen LogP contribution in [0.4, 0.5) is 0 Å². The normalized spacial score (nSPS) is 37.1. The molecule has 8 nitrogen and oxygen atoms in total. The highest BCUT2D eigenvalue weighted by Gasteiger charge is 2.78. The van der Waals surface area contributed by atoms with Crippen LogP contribution in [0, 0.1) is 0 Å². The molecule has 0 saturated carbocycles. The molecule has 2 aromatic heterocycles. The minimum atomic E-state index is -1.97. The van der Waals surface area contributed by atoms with Crippen molar-refractivity contribution in [2.24, 2.45) is 0 Å². The minimum Gasteiger partial charge on any atom is -0.463 e. The van der Waals surface area contributed by atoms with Crippen LogP contribution in [0.2, 0.25) is 0 Å². The summed E-state index contributed by atoms with van der Waals surface area (Å²) < 4.78 is 27.0. The number of methoxy groups -OCH3 is 1. The molecule has 1 N–H and O–H groups in total. The number of rotatable bonds is 1. The maximum atomic E-state index is 12.6. The molecule has 3 aliphatic rings. The van der Waals surface area contributed by atoms with E-state index in [2.05, 4.69) is 0 Å². The van der Waals surface area contributed by atoms with E-state index in [-0.39, 0.29) is 22.6 Å². The number of hydrogen-bond acceptors (Lipinski definition) is 8. The van der Waals surface area contributed by atoms with Gasteiger partial charge in [0.15, 0.2) is 29.4 Å².